The first-order valence-corrected chi connectivity index (χ1v) is 11.9. The van der Waals surface area contributed by atoms with Gasteiger partial charge in [0.1, 0.15) is 6.54 Å². The maximum atomic E-state index is 13.2. The minimum atomic E-state index is -0.248. The Bertz CT molecular complexity index is 1190. The van der Waals surface area contributed by atoms with Crippen molar-refractivity contribution in [3.05, 3.63) is 52.3 Å². The van der Waals surface area contributed by atoms with Crippen molar-refractivity contribution in [3.8, 4) is 0 Å². The van der Waals surface area contributed by atoms with Crippen molar-refractivity contribution in [1.29, 1.82) is 0 Å². The van der Waals surface area contributed by atoms with Crippen LogP contribution in [-0.2, 0) is 17.9 Å². The molecular formula is C24H31N7O2. The summed E-state index contributed by atoms with van der Waals surface area (Å²) < 4.78 is 1.50. The van der Waals surface area contributed by atoms with Gasteiger partial charge in [-0.1, -0.05) is 18.9 Å². The largest absolute Gasteiger partial charge is 0.350 e. The van der Waals surface area contributed by atoms with E-state index < -0.39 is 0 Å². The van der Waals surface area contributed by atoms with Gasteiger partial charge in [0, 0.05) is 31.0 Å². The third-order valence-corrected chi connectivity index (χ3v) is 6.92. The zero-order valence-corrected chi connectivity index (χ0v) is 19.0. The van der Waals surface area contributed by atoms with E-state index in [1.54, 1.807) is 19.4 Å². The third-order valence-electron chi connectivity index (χ3n) is 6.92. The fourth-order valence-corrected chi connectivity index (χ4v) is 5.13. The van der Waals surface area contributed by atoms with Crippen LogP contribution in [0.25, 0.3) is 11.0 Å². The molecule has 174 valence electrons. The number of aromatic nitrogens is 4. The lowest BCUT2D eigenvalue weighted by molar-refractivity contribution is -0.121. The van der Waals surface area contributed by atoms with Crippen molar-refractivity contribution in [2.45, 2.75) is 70.7 Å². The highest BCUT2D eigenvalue weighted by Gasteiger charge is 2.32. The molecule has 1 amide bonds. The molecule has 1 aliphatic carbocycles. The summed E-state index contributed by atoms with van der Waals surface area (Å²) in [6.07, 6.45) is 10.6. The number of aryl methyl sites for hydroxylation is 1. The standard InChI is InChI=1S/C24H31N7O2/c1-16-12-26-23(29-21-7-4-10-30(21)18-5-2-3-6-18)24(33)31(16)14-22(32)25-13-17-8-9-19-20(11-17)28-15-27-19/h8-9,11-12,15,18,21H,2-7,10,13-14H2,1H3,(H,25,32)(H,26,29)(H,27,28)/t21-/m1/s1. The lowest BCUT2D eigenvalue weighted by Crippen LogP contribution is -2.43. The Labute approximate surface area is 192 Å². The number of benzene rings is 1. The first-order valence-electron chi connectivity index (χ1n) is 11.9. The first-order chi connectivity index (χ1) is 16.1. The number of nitrogens with one attached hydrogen (secondary N) is 3. The van der Waals surface area contributed by atoms with Crippen LogP contribution < -0.4 is 16.2 Å². The molecule has 0 spiro atoms. The van der Waals surface area contributed by atoms with Crippen LogP contribution in [0.1, 0.15) is 49.8 Å². The molecule has 3 aromatic rings. The number of H-pyrrole nitrogens is 1. The molecule has 2 aliphatic rings. The number of carbonyl (C=O) groups is 1. The topological polar surface area (TPSA) is 108 Å². The number of rotatable bonds is 7. The molecule has 9 heteroatoms. The second kappa shape index (κ2) is 9.35. The first kappa shape index (κ1) is 21.6. The molecule has 1 saturated carbocycles. The molecule has 0 radical (unpaired) electrons. The Balaban J connectivity index is 1.24. The number of aromatic amines is 1. The van der Waals surface area contributed by atoms with Gasteiger partial charge in [-0.15, -0.1) is 0 Å². The van der Waals surface area contributed by atoms with Gasteiger partial charge in [-0.05, 0) is 50.3 Å². The van der Waals surface area contributed by atoms with Gasteiger partial charge >= 0.3 is 0 Å². The van der Waals surface area contributed by atoms with Gasteiger partial charge < -0.3 is 15.6 Å². The van der Waals surface area contributed by atoms with Crippen LogP contribution in [0.5, 0.6) is 0 Å². The van der Waals surface area contributed by atoms with E-state index in [2.05, 4.69) is 30.5 Å². The summed E-state index contributed by atoms with van der Waals surface area (Å²) in [6.45, 7) is 3.22. The highest BCUT2D eigenvalue weighted by molar-refractivity contribution is 5.77. The van der Waals surface area contributed by atoms with Gasteiger partial charge in [-0.2, -0.15) is 0 Å². The summed E-state index contributed by atoms with van der Waals surface area (Å²) in [6, 6.07) is 6.42. The number of likely N-dealkylation sites (tertiary alicyclic amines) is 1. The minimum Gasteiger partial charge on any atom is -0.350 e. The fraction of sp³-hybridized carbons (Fsp3) is 0.500. The Kier molecular flexibility index (Phi) is 6.13. The molecule has 33 heavy (non-hydrogen) atoms. The maximum Gasteiger partial charge on any atom is 0.294 e. The summed E-state index contributed by atoms with van der Waals surface area (Å²) in [5.74, 6) is 0.114. The molecule has 9 nitrogen and oxygen atoms in total. The number of fused-ring (bicyclic) bond motifs is 1. The highest BCUT2D eigenvalue weighted by Crippen LogP contribution is 2.30. The van der Waals surface area contributed by atoms with E-state index in [4.69, 9.17) is 0 Å². The normalized spacial score (nSPS) is 19.4. The van der Waals surface area contributed by atoms with Crippen LogP contribution in [0.4, 0.5) is 5.82 Å². The zero-order chi connectivity index (χ0) is 22.8. The van der Waals surface area contributed by atoms with Gasteiger partial charge in [0.2, 0.25) is 5.91 Å². The molecule has 5 rings (SSSR count). The van der Waals surface area contributed by atoms with Crippen LogP contribution in [0.2, 0.25) is 0 Å². The average molecular weight is 450 g/mol. The van der Waals surface area contributed by atoms with Gasteiger partial charge in [0.25, 0.3) is 5.56 Å². The molecule has 2 fully saturated rings. The molecule has 1 saturated heterocycles. The van der Waals surface area contributed by atoms with Crippen LogP contribution in [0.15, 0.2) is 35.5 Å². The molecule has 3 N–H and O–H groups in total. The average Bonchev–Trinajstić information content (AvgIpc) is 3.58. The quantitative estimate of drug-likeness (QED) is 0.512. The van der Waals surface area contributed by atoms with Gasteiger partial charge in [-0.25, -0.2) is 9.97 Å². The maximum absolute atomic E-state index is 13.2. The van der Waals surface area contributed by atoms with E-state index in [1.165, 1.54) is 30.3 Å². The molecule has 2 aromatic heterocycles. The number of hydrogen-bond acceptors (Lipinski definition) is 6. The highest BCUT2D eigenvalue weighted by atomic mass is 16.2. The SMILES string of the molecule is Cc1cnc(N[C@H]2CCCN2C2CCCC2)c(=O)n1CC(=O)NCc1ccc2nc[nH]c2c1. The summed E-state index contributed by atoms with van der Waals surface area (Å²) in [7, 11) is 0. The minimum absolute atomic E-state index is 0.0365. The zero-order valence-electron chi connectivity index (χ0n) is 19.0. The number of amides is 1. The monoisotopic (exact) mass is 449 g/mol. The van der Waals surface area contributed by atoms with Crippen LogP contribution in [0.3, 0.4) is 0 Å². The predicted octanol–water partition coefficient (Wildman–Crippen LogP) is 2.52. The van der Waals surface area contributed by atoms with E-state index in [0.29, 0.717) is 24.1 Å². The second-order valence-electron chi connectivity index (χ2n) is 9.15. The number of anilines is 1. The Hall–Kier alpha value is -3.20. The molecule has 0 bridgehead atoms. The lowest BCUT2D eigenvalue weighted by atomic mass is 10.2. The van der Waals surface area contributed by atoms with Gasteiger partial charge in [-0.3, -0.25) is 19.1 Å². The second-order valence-corrected chi connectivity index (χ2v) is 9.15. The van der Waals surface area contributed by atoms with Crippen molar-refractivity contribution in [2.75, 3.05) is 11.9 Å². The molecule has 0 unspecified atom stereocenters. The van der Waals surface area contributed by atoms with E-state index in [0.717, 1.165) is 36.0 Å². The van der Waals surface area contributed by atoms with Crippen LogP contribution >= 0.6 is 0 Å². The number of imidazole rings is 1. The molecule has 1 aliphatic heterocycles. The molecule has 1 atom stereocenters. The smallest absolute Gasteiger partial charge is 0.294 e. The molecule has 1 aromatic carbocycles. The summed E-state index contributed by atoms with van der Waals surface area (Å²) in [5, 5.41) is 6.30. The van der Waals surface area contributed by atoms with E-state index in [9.17, 15) is 9.59 Å². The van der Waals surface area contributed by atoms with Crippen molar-refractivity contribution in [2.24, 2.45) is 0 Å². The van der Waals surface area contributed by atoms with E-state index >= 15 is 0 Å². The molecule has 3 heterocycles. The van der Waals surface area contributed by atoms with Crippen LogP contribution in [0, 0.1) is 6.92 Å². The van der Waals surface area contributed by atoms with Gasteiger partial charge in [0.05, 0.1) is 23.5 Å². The van der Waals surface area contributed by atoms with E-state index in [-0.39, 0.29) is 24.2 Å². The van der Waals surface area contributed by atoms with Gasteiger partial charge in [0.15, 0.2) is 5.82 Å². The Morgan fingerprint density at radius 1 is 1.18 bits per heavy atom. The van der Waals surface area contributed by atoms with E-state index in [1.807, 2.05) is 18.2 Å². The lowest BCUT2D eigenvalue weighted by Gasteiger charge is -2.31. The van der Waals surface area contributed by atoms with Crippen molar-refractivity contribution >= 4 is 22.8 Å². The van der Waals surface area contributed by atoms with Crippen LogP contribution in [-0.4, -0.2) is 49.1 Å². The number of nitrogens with zero attached hydrogens (tertiary/aromatic N) is 4. The summed E-state index contributed by atoms with van der Waals surface area (Å²) in [4.78, 5) is 40.0. The fourth-order valence-electron chi connectivity index (χ4n) is 5.13. The number of hydrogen-bond donors (Lipinski definition) is 3. The third kappa shape index (κ3) is 4.64. The summed E-state index contributed by atoms with van der Waals surface area (Å²) >= 11 is 0. The summed E-state index contributed by atoms with van der Waals surface area (Å²) in [5.41, 5.74) is 3.20. The molecular weight excluding hydrogens is 418 g/mol. The van der Waals surface area contributed by atoms with Crippen molar-refractivity contribution in [1.82, 2.24) is 29.7 Å². The number of carbonyl (C=O) groups excluding carboxylic acids is 1. The van der Waals surface area contributed by atoms with Crippen molar-refractivity contribution < 1.29 is 4.79 Å². The Morgan fingerprint density at radius 2 is 2.03 bits per heavy atom. The van der Waals surface area contributed by atoms with Crippen molar-refractivity contribution in [3.63, 3.8) is 0 Å². The predicted molar refractivity (Wildman–Crippen MR) is 127 cm³/mol. The Morgan fingerprint density at radius 3 is 2.88 bits per heavy atom.